The van der Waals surface area contributed by atoms with Gasteiger partial charge in [-0.1, -0.05) is 54.5 Å². The van der Waals surface area contributed by atoms with Crippen LogP contribution in [0.4, 0.5) is 13.2 Å². The van der Waals surface area contributed by atoms with Crippen molar-refractivity contribution in [1.29, 1.82) is 0 Å². The van der Waals surface area contributed by atoms with Gasteiger partial charge in [0.25, 0.3) is 0 Å². The first kappa shape index (κ1) is 27.9. The molecule has 0 aromatic carbocycles. The molecule has 1 saturated carbocycles. The van der Waals surface area contributed by atoms with Gasteiger partial charge in [0, 0.05) is 17.0 Å². The molecule has 2 fully saturated rings. The first-order chi connectivity index (χ1) is 15.1. The highest BCUT2D eigenvalue weighted by Crippen LogP contribution is 2.49. The minimum atomic E-state index is -4.45. The van der Waals surface area contributed by atoms with Gasteiger partial charge in [0.05, 0.1) is 31.3 Å². The molecule has 186 valence electrons. The lowest BCUT2D eigenvalue weighted by atomic mass is 9.85. The second kappa shape index (κ2) is 12.9. The highest BCUT2D eigenvalue weighted by atomic mass is 127. The number of carbonyl (C=O) groups is 1. The van der Waals surface area contributed by atoms with Gasteiger partial charge in [0.1, 0.15) is 0 Å². The van der Waals surface area contributed by atoms with E-state index in [1.807, 2.05) is 6.92 Å². The van der Waals surface area contributed by atoms with Crippen LogP contribution < -0.4 is 0 Å². The number of hydrogen-bond donors (Lipinski definition) is 2. The molecule has 2 rings (SSSR count). The highest BCUT2D eigenvalue weighted by Gasteiger charge is 2.49. The monoisotopic (exact) mass is 576 g/mol. The van der Waals surface area contributed by atoms with Crippen LogP contribution in [0.25, 0.3) is 0 Å². The van der Waals surface area contributed by atoms with Gasteiger partial charge in [0.2, 0.25) is 0 Å². The third-order valence-corrected chi connectivity index (χ3v) is 8.29. The molecule has 0 amide bonds. The number of aliphatic hydroxyl groups excluding tert-OH is 2. The summed E-state index contributed by atoms with van der Waals surface area (Å²) in [5.41, 5.74) is 0. The predicted octanol–water partition coefficient (Wildman–Crippen LogP) is 4.82. The summed E-state index contributed by atoms with van der Waals surface area (Å²) in [7, 11) is 1.37. The Hall–Kier alpha value is -0.390. The smallest absolute Gasteiger partial charge is 0.394 e. The van der Waals surface area contributed by atoms with Gasteiger partial charge in [-0.15, -0.1) is 0 Å². The second-order valence-corrected chi connectivity index (χ2v) is 10.6. The first-order valence-electron chi connectivity index (χ1n) is 11.5. The van der Waals surface area contributed by atoms with Crippen molar-refractivity contribution < 1.29 is 37.7 Å². The summed E-state index contributed by atoms with van der Waals surface area (Å²) in [5, 5.41) is 20.1. The fourth-order valence-electron chi connectivity index (χ4n) is 5.03. The predicted molar refractivity (Wildman–Crippen MR) is 123 cm³/mol. The number of alkyl halides is 4. The molecule has 9 heteroatoms. The molecule has 1 aliphatic carbocycles. The van der Waals surface area contributed by atoms with Crippen molar-refractivity contribution in [2.75, 3.05) is 13.7 Å². The fourth-order valence-corrected chi connectivity index (χ4v) is 5.93. The fraction of sp³-hybridized carbons (Fsp3) is 0.870. The molecular formula is C23H36F3IO5. The molecule has 2 aliphatic rings. The maximum Gasteiger partial charge on any atom is 0.394 e. The van der Waals surface area contributed by atoms with Crippen molar-refractivity contribution >= 4 is 28.6 Å². The second-order valence-electron chi connectivity index (χ2n) is 9.02. The average molecular weight is 576 g/mol. The summed E-state index contributed by atoms with van der Waals surface area (Å²) in [5.74, 6) is -2.10. The van der Waals surface area contributed by atoms with E-state index >= 15 is 0 Å². The van der Waals surface area contributed by atoms with Gasteiger partial charge in [-0.3, -0.25) is 4.79 Å². The molecule has 5 nitrogen and oxygen atoms in total. The lowest BCUT2D eigenvalue weighted by Gasteiger charge is -2.25. The van der Waals surface area contributed by atoms with E-state index in [0.717, 1.165) is 12.8 Å². The topological polar surface area (TPSA) is 76.0 Å². The van der Waals surface area contributed by atoms with Crippen LogP contribution in [-0.4, -0.2) is 58.3 Å². The Morgan fingerprint density at radius 1 is 1.28 bits per heavy atom. The lowest BCUT2D eigenvalue weighted by Crippen LogP contribution is -2.33. The van der Waals surface area contributed by atoms with Crippen LogP contribution in [0.2, 0.25) is 0 Å². The summed E-state index contributed by atoms with van der Waals surface area (Å²) in [4.78, 5) is 11.3. The van der Waals surface area contributed by atoms with E-state index in [1.165, 1.54) is 13.2 Å². The Labute approximate surface area is 202 Å². The Morgan fingerprint density at radius 2 is 2.00 bits per heavy atom. The Bertz CT molecular complexity index is 615. The molecule has 1 saturated heterocycles. The number of fused-ring (bicyclic) bond motifs is 1. The van der Waals surface area contributed by atoms with E-state index in [0.29, 0.717) is 32.1 Å². The molecule has 0 spiro atoms. The number of ether oxygens (including phenoxy) is 2. The summed E-state index contributed by atoms with van der Waals surface area (Å²) >= 11 is 2.34. The van der Waals surface area contributed by atoms with Gasteiger partial charge < -0.3 is 19.7 Å². The zero-order chi connectivity index (χ0) is 23.9. The average Bonchev–Trinajstić information content (AvgIpc) is 3.29. The normalized spacial score (nSPS) is 30.9. The summed E-state index contributed by atoms with van der Waals surface area (Å²) < 4.78 is 51.3. The summed E-state index contributed by atoms with van der Waals surface area (Å²) in [6, 6.07) is 0. The van der Waals surface area contributed by atoms with Crippen LogP contribution in [0, 0.1) is 23.7 Å². The lowest BCUT2D eigenvalue weighted by molar-refractivity contribution is -0.195. The van der Waals surface area contributed by atoms with E-state index in [9.17, 15) is 28.2 Å². The van der Waals surface area contributed by atoms with Crippen LogP contribution in [0.3, 0.4) is 0 Å². The maximum absolute atomic E-state index is 13.4. The van der Waals surface area contributed by atoms with Crippen LogP contribution in [0.1, 0.15) is 58.3 Å². The van der Waals surface area contributed by atoms with Gasteiger partial charge >= 0.3 is 12.1 Å². The molecular weight excluding hydrogens is 540 g/mol. The zero-order valence-electron chi connectivity index (χ0n) is 18.8. The molecule has 8 atom stereocenters. The number of carbonyl (C=O) groups excluding carboxylic acids is 1. The number of hydrogen-bond acceptors (Lipinski definition) is 5. The number of unbranched alkanes of at least 4 members (excludes halogenated alkanes) is 1. The maximum atomic E-state index is 13.4. The van der Waals surface area contributed by atoms with Gasteiger partial charge in [0.15, 0.2) is 0 Å². The highest BCUT2D eigenvalue weighted by molar-refractivity contribution is 14.1. The number of rotatable bonds is 12. The molecule has 32 heavy (non-hydrogen) atoms. The minimum absolute atomic E-state index is 0.0104. The summed E-state index contributed by atoms with van der Waals surface area (Å²) in [6.45, 7) is 1.77. The number of aliphatic hydroxyl groups is 2. The van der Waals surface area contributed by atoms with Crippen molar-refractivity contribution in [1.82, 2.24) is 0 Å². The van der Waals surface area contributed by atoms with Crippen LogP contribution in [0.15, 0.2) is 12.2 Å². The molecule has 0 aromatic rings. The van der Waals surface area contributed by atoms with Crippen LogP contribution in [0.5, 0.6) is 0 Å². The van der Waals surface area contributed by atoms with Crippen molar-refractivity contribution in [2.45, 2.75) is 86.7 Å². The minimum Gasteiger partial charge on any atom is -0.469 e. The standard InChI is InChI=1S/C23H36F3IO5/c1-3-4-6-17(23(24,25)26)19(29)10-9-15-14(13-28)11-20-16(15)12-21(32-20)18(27)7-5-8-22(30)31-2/h9-10,14-21,28-29H,3-8,11-13H2,1-2H3/t14-,15-,16+,17+,18+,19+,20-,21+/m0/s1. The van der Waals surface area contributed by atoms with E-state index in [1.54, 1.807) is 6.08 Å². The number of methoxy groups -OCH3 is 1. The number of esters is 1. The SMILES string of the molecule is CCCC[C@H]([C@H](O)C=C[C@H]1[C@H](CO)C[C@@H]2O[C@@H]([C@H](I)CCCC(=O)OC)C[C@H]12)C(F)(F)F. The Kier molecular flexibility index (Phi) is 11.2. The summed E-state index contributed by atoms with van der Waals surface area (Å²) in [6.07, 6.45) is 1.16. The van der Waals surface area contributed by atoms with Gasteiger partial charge in [-0.25, -0.2) is 0 Å². The molecule has 1 heterocycles. The quantitative estimate of drug-likeness (QED) is 0.151. The number of allylic oxidation sites excluding steroid dienone is 1. The van der Waals surface area contributed by atoms with Crippen molar-refractivity contribution in [3.05, 3.63) is 12.2 Å². The Morgan fingerprint density at radius 3 is 2.59 bits per heavy atom. The molecule has 0 radical (unpaired) electrons. The van der Waals surface area contributed by atoms with E-state index in [2.05, 4.69) is 27.3 Å². The van der Waals surface area contributed by atoms with Crippen molar-refractivity contribution in [3.8, 4) is 0 Å². The molecule has 0 unspecified atom stereocenters. The van der Waals surface area contributed by atoms with Crippen molar-refractivity contribution in [2.24, 2.45) is 23.7 Å². The molecule has 0 bridgehead atoms. The van der Waals surface area contributed by atoms with Crippen LogP contribution >= 0.6 is 22.6 Å². The van der Waals surface area contributed by atoms with Gasteiger partial charge in [-0.2, -0.15) is 13.2 Å². The zero-order valence-corrected chi connectivity index (χ0v) is 20.9. The molecule has 2 N–H and O–H groups in total. The van der Waals surface area contributed by atoms with E-state index in [4.69, 9.17) is 4.74 Å². The number of halogens is 4. The van der Waals surface area contributed by atoms with Crippen molar-refractivity contribution in [3.63, 3.8) is 0 Å². The third kappa shape index (κ3) is 7.56. The molecule has 1 aliphatic heterocycles. The van der Waals surface area contributed by atoms with E-state index < -0.39 is 18.2 Å². The first-order valence-corrected chi connectivity index (χ1v) is 12.8. The largest absolute Gasteiger partial charge is 0.469 e. The van der Waals surface area contributed by atoms with Gasteiger partial charge in [-0.05, 0) is 49.9 Å². The third-order valence-electron chi connectivity index (χ3n) is 6.86. The Balaban J connectivity index is 1.99. The molecule has 0 aromatic heterocycles. The van der Waals surface area contributed by atoms with E-state index in [-0.39, 0.29) is 52.9 Å². The van der Waals surface area contributed by atoms with Crippen LogP contribution in [-0.2, 0) is 14.3 Å².